The molecule has 0 aliphatic carbocycles. The van der Waals surface area contributed by atoms with E-state index >= 15 is 0 Å². The first kappa shape index (κ1) is 12.1. The lowest BCUT2D eigenvalue weighted by Gasteiger charge is -2.16. The largest absolute Gasteiger partial charge is 0.496 e. The summed E-state index contributed by atoms with van der Waals surface area (Å²) in [5.74, 6) is 0.802. The zero-order valence-electron chi connectivity index (χ0n) is 9.56. The molecule has 0 radical (unpaired) electrons. The van der Waals surface area contributed by atoms with Gasteiger partial charge in [-0.2, -0.15) is 0 Å². The average Bonchev–Trinajstić information content (AvgIpc) is 2.39. The van der Waals surface area contributed by atoms with Gasteiger partial charge in [0.2, 0.25) is 0 Å². The van der Waals surface area contributed by atoms with Crippen LogP contribution in [0.2, 0.25) is 0 Å². The summed E-state index contributed by atoms with van der Waals surface area (Å²) in [6, 6.07) is 15.7. The third kappa shape index (κ3) is 2.68. The number of benzene rings is 2. The Bertz CT molecular complexity index is 499. The van der Waals surface area contributed by atoms with Crippen LogP contribution in [0.1, 0.15) is 17.2 Å². The third-order valence-electron chi connectivity index (χ3n) is 2.69. The summed E-state index contributed by atoms with van der Waals surface area (Å²) < 4.78 is 6.34. The average molecular weight is 292 g/mol. The van der Waals surface area contributed by atoms with E-state index in [2.05, 4.69) is 15.9 Å². The van der Waals surface area contributed by atoms with Gasteiger partial charge in [0.15, 0.2) is 0 Å². The molecule has 1 atom stereocenters. The van der Waals surface area contributed by atoms with Crippen molar-refractivity contribution in [3.05, 3.63) is 64.1 Å². The molecule has 0 amide bonds. The molecule has 0 bridgehead atoms. The van der Waals surface area contributed by atoms with Gasteiger partial charge in [0, 0.05) is 10.0 Å². The first-order chi connectivity index (χ1) is 8.22. The van der Waals surface area contributed by atoms with Crippen LogP contribution >= 0.6 is 15.9 Å². The molecular weight excluding hydrogens is 278 g/mol. The van der Waals surface area contributed by atoms with Gasteiger partial charge in [0.1, 0.15) is 5.75 Å². The van der Waals surface area contributed by atoms with E-state index in [1.165, 1.54) is 0 Å². The predicted molar refractivity (Wildman–Crippen MR) is 73.2 cm³/mol. The maximum atomic E-state index is 6.25. The number of halogens is 1. The van der Waals surface area contributed by atoms with E-state index in [0.717, 1.165) is 21.3 Å². The maximum absolute atomic E-state index is 6.25. The molecule has 2 aromatic rings. The van der Waals surface area contributed by atoms with Gasteiger partial charge in [-0.05, 0) is 17.7 Å². The Hall–Kier alpha value is -1.32. The number of ether oxygens (including phenoxy) is 1. The van der Waals surface area contributed by atoms with Gasteiger partial charge in [-0.25, -0.2) is 0 Å². The molecule has 0 saturated carbocycles. The summed E-state index contributed by atoms with van der Waals surface area (Å²) in [7, 11) is 1.66. The van der Waals surface area contributed by atoms with Gasteiger partial charge >= 0.3 is 0 Å². The molecule has 0 aliphatic rings. The lowest BCUT2D eigenvalue weighted by molar-refractivity contribution is 0.407. The minimum Gasteiger partial charge on any atom is -0.496 e. The Labute approximate surface area is 110 Å². The van der Waals surface area contributed by atoms with Crippen LogP contribution in [0.4, 0.5) is 0 Å². The first-order valence-electron chi connectivity index (χ1n) is 5.36. The molecule has 3 heteroatoms. The van der Waals surface area contributed by atoms with Crippen molar-refractivity contribution in [3.63, 3.8) is 0 Å². The number of rotatable bonds is 3. The maximum Gasteiger partial charge on any atom is 0.125 e. The van der Waals surface area contributed by atoms with Crippen LogP contribution in [0.15, 0.2) is 53.0 Å². The molecule has 2 aromatic carbocycles. The van der Waals surface area contributed by atoms with Gasteiger partial charge in [-0.1, -0.05) is 52.3 Å². The smallest absolute Gasteiger partial charge is 0.125 e. The highest BCUT2D eigenvalue weighted by molar-refractivity contribution is 9.10. The minimum atomic E-state index is -0.167. The summed E-state index contributed by atoms with van der Waals surface area (Å²) in [6.45, 7) is 0. The van der Waals surface area contributed by atoms with Crippen molar-refractivity contribution in [2.45, 2.75) is 6.04 Å². The Balaban J connectivity index is 2.40. The molecular formula is C14H14BrNO. The quantitative estimate of drug-likeness (QED) is 0.939. The minimum absolute atomic E-state index is 0.167. The zero-order valence-corrected chi connectivity index (χ0v) is 11.1. The summed E-state index contributed by atoms with van der Waals surface area (Å²) in [6.07, 6.45) is 0. The molecule has 0 aliphatic heterocycles. The van der Waals surface area contributed by atoms with E-state index in [9.17, 15) is 0 Å². The third-order valence-corrected chi connectivity index (χ3v) is 3.18. The van der Waals surface area contributed by atoms with E-state index in [1.54, 1.807) is 7.11 Å². The summed E-state index contributed by atoms with van der Waals surface area (Å²) in [4.78, 5) is 0. The normalized spacial score (nSPS) is 12.2. The number of nitrogens with two attached hydrogens (primary N) is 1. The number of hydrogen-bond donors (Lipinski definition) is 1. The molecule has 1 unspecified atom stereocenters. The molecule has 0 spiro atoms. The van der Waals surface area contributed by atoms with Crippen molar-refractivity contribution in [1.82, 2.24) is 0 Å². The molecule has 0 heterocycles. The molecule has 2 N–H and O–H groups in total. The van der Waals surface area contributed by atoms with Gasteiger partial charge in [0.05, 0.1) is 13.2 Å². The SMILES string of the molecule is COc1cc(Br)ccc1C(N)c1ccccc1. The monoisotopic (exact) mass is 291 g/mol. The molecule has 0 saturated heterocycles. The number of methoxy groups -OCH3 is 1. The highest BCUT2D eigenvalue weighted by atomic mass is 79.9. The molecule has 0 fully saturated rings. The topological polar surface area (TPSA) is 35.2 Å². The molecule has 88 valence electrons. The second kappa shape index (κ2) is 5.34. The standard InChI is InChI=1S/C14H14BrNO/c1-17-13-9-11(15)7-8-12(13)14(16)10-5-3-2-4-6-10/h2-9,14H,16H2,1H3. The Kier molecular flexibility index (Phi) is 3.82. The van der Waals surface area contributed by atoms with Crippen LogP contribution in [0.3, 0.4) is 0 Å². The van der Waals surface area contributed by atoms with Crippen molar-refractivity contribution in [2.24, 2.45) is 5.73 Å². The summed E-state index contributed by atoms with van der Waals surface area (Å²) in [5, 5.41) is 0. The fourth-order valence-corrected chi connectivity index (χ4v) is 2.12. The van der Waals surface area contributed by atoms with Gasteiger partial charge in [-0.15, -0.1) is 0 Å². The Morgan fingerprint density at radius 3 is 2.47 bits per heavy atom. The second-order valence-electron chi connectivity index (χ2n) is 3.77. The van der Waals surface area contributed by atoms with Crippen LogP contribution < -0.4 is 10.5 Å². The van der Waals surface area contributed by atoms with Gasteiger partial charge in [-0.3, -0.25) is 0 Å². The second-order valence-corrected chi connectivity index (χ2v) is 4.69. The zero-order chi connectivity index (χ0) is 12.3. The Morgan fingerprint density at radius 2 is 1.82 bits per heavy atom. The van der Waals surface area contributed by atoms with Crippen LogP contribution in [-0.2, 0) is 0 Å². The fraction of sp³-hybridized carbons (Fsp3) is 0.143. The van der Waals surface area contributed by atoms with Crippen molar-refractivity contribution < 1.29 is 4.74 Å². The highest BCUT2D eigenvalue weighted by Gasteiger charge is 2.13. The van der Waals surface area contributed by atoms with Crippen LogP contribution in [0.25, 0.3) is 0 Å². The van der Waals surface area contributed by atoms with Crippen LogP contribution in [0.5, 0.6) is 5.75 Å². The highest BCUT2D eigenvalue weighted by Crippen LogP contribution is 2.30. The van der Waals surface area contributed by atoms with Crippen molar-refractivity contribution in [2.75, 3.05) is 7.11 Å². The molecule has 17 heavy (non-hydrogen) atoms. The van der Waals surface area contributed by atoms with Gasteiger partial charge in [0.25, 0.3) is 0 Å². The molecule has 2 rings (SSSR count). The van der Waals surface area contributed by atoms with Crippen molar-refractivity contribution >= 4 is 15.9 Å². The van der Waals surface area contributed by atoms with Gasteiger partial charge < -0.3 is 10.5 Å². The Morgan fingerprint density at radius 1 is 1.12 bits per heavy atom. The molecule has 2 nitrogen and oxygen atoms in total. The van der Waals surface area contributed by atoms with E-state index in [-0.39, 0.29) is 6.04 Å². The summed E-state index contributed by atoms with van der Waals surface area (Å²) >= 11 is 3.42. The van der Waals surface area contributed by atoms with Crippen molar-refractivity contribution in [3.8, 4) is 5.75 Å². The van der Waals surface area contributed by atoms with E-state index in [4.69, 9.17) is 10.5 Å². The van der Waals surface area contributed by atoms with E-state index in [1.807, 2.05) is 48.5 Å². The lowest BCUT2D eigenvalue weighted by Crippen LogP contribution is -2.12. The first-order valence-corrected chi connectivity index (χ1v) is 6.15. The van der Waals surface area contributed by atoms with Crippen molar-refractivity contribution in [1.29, 1.82) is 0 Å². The predicted octanol–water partition coefficient (Wildman–Crippen LogP) is 3.51. The molecule has 0 aromatic heterocycles. The van der Waals surface area contributed by atoms with Crippen LogP contribution in [0, 0.1) is 0 Å². The van der Waals surface area contributed by atoms with Crippen LogP contribution in [-0.4, -0.2) is 7.11 Å². The van der Waals surface area contributed by atoms with E-state index in [0.29, 0.717) is 0 Å². The summed E-state index contributed by atoms with van der Waals surface area (Å²) in [5.41, 5.74) is 8.31. The fourth-order valence-electron chi connectivity index (χ4n) is 1.78. The van der Waals surface area contributed by atoms with E-state index < -0.39 is 0 Å². The number of hydrogen-bond acceptors (Lipinski definition) is 2. The lowest BCUT2D eigenvalue weighted by atomic mass is 9.99.